The van der Waals surface area contributed by atoms with Crippen molar-refractivity contribution in [2.24, 2.45) is 0 Å². The molecule has 0 aromatic rings. The van der Waals surface area contributed by atoms with Crippen molar-refractivity contribution in [3.8, 4) is 0 Å². The fourth-order valence-corrected chi connectivity index (χ4v) is 0. The molecule has 0 aliphatic heterocycles. The van der Waals surface area contributed by atoms with Crippen LogP contribution in [-0.2, 0) is 32.5 Å². The zero-order valence-electron chi connectivity index (χ0n) is 4.27. The molecule has 36 valence electrons. The first-order valence-electron chi connectivity index (χ1n) is 1.53. The van der Waals surface area contributed by atoms with E-state index in [1.807, 2.05) is 0 Å². The molecule has 0 aliphatic rings. The fraction of sp³-hybridized carbons (Fsp3) is 0.250. The van der Waals surface area contributed by atoms with E-state index in [2.05, 4.69) is 6.58 Å². The van der Waals surface area contributed by atoms with Crippen LogP contribution in [0.15, 0.2) is 12.2 Å². The van der Waals surface area contributed by atoms with Crippen LogP contribution in [0.1, 0.15) is 6.92 Å². The second-order valence-electron chi connectivity index (χ2n) is 1.09. The zero-order valence-corrected chi connectivity index (χ0v) is 9.77. The van der Waals surface area contributed by atoms with Gasteiger partial charge in [-0.1, -0.05) is 6.58 Å². The number of hydrogen-bond donors (Lipinski definition) is 1. The summed E-state index contributed by atoms with van der Waals surface area (Å²) in [6.07, 6.45) is 0. The fourth-order valence-electron chi connectivity index (χ4n) is 0. The molecule has 0 aromatic heterocycles. The van der Waals surface area contributed by atoms with Gasteiger partial charge in [-0.2, -0.15) is 0 Å². The topological polar surface area (TPSA) is 37.3 Å². The Bertz CT molecular complexity index is 75.7. The maximum absolute atomic E-state index is 9.60. The molecule has 0 heterocycles. The van der Waals surface area contributed by atoms with E-state index in [1.165, 1.54) is 6.92 Å². The van der Waals surface area contributed by atoms with Crippen molar-refractivity contribution < 1.29 is 37.6 Å². The molecule has 0 aliphatic carbocycles. The number of carboxylic acids is 1. The molecule has 0 bridgehead atoms. The summed E-state index contributed by atoms with van der Waals surface area (Å²) in [5.74, 6) is -0.935. The van der Waals surface area contributed by atoms with Crippen LogP contribution >= 0.6 is 0 Å². The van der Waals surface area contributed by atoms with Crippen molar-refractivity contribution in [1.82, 2.24) is 0 Å². The number of carbonyl (C=O) groups is 1. The Kier molecular flexibility index (Phi) is 6.27. The van der Waals surface area contributed by atoms with E-state index in [-0.39, 0.29) is 33.2 Å². The molecule has 7 heavy (non-hydrogen) atoms. The van der Waals surface area contributed by atoms with Crippen LogP contribution in [0.25, 0.3) is 0 Å². The SMILES string of the molecule is C=C(C)C(=O)O.[Hg]. The molecule has 0 amide bonds. The van der Waals surface area contributed by atoms with Gasteiger partial charge in [-0.3, -0.25) is 0 Å². The maximum Gasteiger partial charge on any atom is 0.330 e. The van der Waals surface area contributed by atoms with Crippen molar-refractivity contribution in [2.75, 3.05) is 0 Å². The second kappa shape index (κ2) is 4.31. The van der Waals surface area contributed by atoms with E-state index in [0.717, 1.165) is 0 Å². The van der Waals surface area contributed by atoms with Gasteiger partial charge in [0.1, 0.15) is 0 Å². The summed E-state index contributed by atoms with van der Waals surface area (Å²) in [5.41, 5.74) is 0.176. The first-order chi connectivity index (χ1) is 2.64. The Morgan fingerprint density at radius 1 is 1.71 bits per heavy atom. The number of hydrogen-bond acceptors (Lipinski definition) is 1. The third kappa shape index (κ3) is 6.15. The van der Waals surface area contributed by atoms with Gasteiger partial charge in [-0.25, -0.2) is 4.79 Å². The summed E-state index contributed by atoms with van der Waals surface area (Å²) < 4.78 is 0. The molecule has 0 radical (unpaired) electrons. The smallest absolute Gasteiger partial charge is 0.330 e. The Balaban J connectivity index is 0. The van der Waals surface area contributed by atoms with E-state index in [9.17, 15) is 4.79 Å². The molecule has 1 N–H and O–H groups in total. The minimum Gasteiger partial charge on any atom is -0.478 e. The molecule has 3 heteroatoms. The summed E-state index contributed by atoms with van der Waals surface area (Å²) in [6.45, 7) is 4.60. The zero-order chi connectivity index (χ0) is 5.15. The van der Waals surface area contributed by atoms with Gasteiger partial charge in [-0.15, -0.1) is 0 Å². The molecule has 0 unspecified atom stereocenters. The van der Waals surface area contributed by atoms with Crippen LogP contribution in [0.2, 0.25) is 0 Å². The molecule has 0 spiro atoms. The van der Waals surface area contributed by atoms with Crippen LogP contribution in [0.5, 0.6) is 0 Å². The summed E-state index contributed by atoms with van der Waals surface area (Å²) >= 11 is 0. The summed E-state index contributed by atoms with van der Waals surface area (Å²) in [4.78, 5) is 9.60. The summed E-state index contributed by atoms with van der Waals surface area (Å²) in [7, 11) is 0. The number of carboxylic acid groups (broad SMARTS) is 1. The van der Waals surface area contributed by atoms with Crippen LogP contribution in [0.3, 0.4) is 0 Å². The van der Waals surface area contributed by atoms with Crippen LogP contribution < -0.4 is 0 Å². The molecule has 2 nitrogen and oxygen atoms in total. The second-order valence-corrected chi connectivity index (χ2v) is 1.09. The average molecular weight is 287 g/mol. The van der Waals surface area contributed by atoms with E-state index in [1.54, 1.807) is 0 Å². The predicted octanol–water partition coefficient (Wildman–Crippen LogP) is 0.645. The third-order valence-corrected chi connectivity index (χ3v) is 0.365. The molecule has 0 saturated carbocycles. The predicted molar refractivity (Wildman–Crippen MR) is 22.4 cm³/mol. The monoisotopic (exact) mass is 288 g/mol. The molecule has 0 atom stereocenters. The van der Waals surface area contributed by atoms with E-state index in [4.69, 9.17) is 5.11 Å². The molecular formula is C4H6HgO2. The van der Waals surface area contributed by atoms with Gasteiger partial charge in [0.2, 0.25) is 0 Å². The van der Waals surface area contributed by atoms with Gasteiger partial charge in [0.15, 0.2) is 0 Å². The molecular weight excluding hydrogens is 281 g/mol. The van der Waals surface area contributed by atoms with Crippen LogP contribution in [-0.4, -0.2) is 11.1 Å². The maximum atomic E-state index is 9.60. The van der Waals surface area contributed by atoms with Crippen molar-refractivity contribution in [2.45, 2.75) is 6.92 Å². The minimum atomic E-state index is -0.935. The van der Waals surface area contributed by atoms with Gasteiger partial charge in [-0.05, 0) is 6.92 Å². The number of aliphatic carboxylic acids is 1. The standard InChI is InChI=1S/C4H6O2.Hg/c1-3(2)4(5)6;/h1H2,2H3,(H,5,6);. The van der Waals surface area contributed by atoms with Gasteiger partial charge in [0.25, 0.3) is 0 Å². The largest absolute Gasteiger partial charge is 0.478 e. The van der Waals surface area contributed by atoms with E-state index >= 15 is 0 Å². The Hall–Kier alpha value is 0.145. The minimum absolute atomic E-state index is 0. The van der Waals surface area contributed by atoms with Crippen molar-refractivity contribution in [1.29, 1.82) is 0 Å². The van der Waals surface area contributed by atoms with Crippen LogP contribution in [0, 0.1) is 0 Å². The van der Waals surface area contributed by atoms with Gasteiger partial charge in [0, 0.05) is 33.2 Å². The van der Waals surface area contributed by atoms with Crippen LogP contribution in [0.4, 0.5) is 0 Å². The van der Waals surface area contributed by atoms with E-state index in [0.29, 0.717) is 0 Å². The third-order valence-electron chi connectivity index (χ3n) is 0.365. The Morgan fingerprint density at radius 3 is 1.86 bits per heavy atom. The molecule has 0 aromatic carbocycles. The number of rotatable bonds is 1. The molecule has 0 fully saturated rings. The van der Waals surface area contributed by atoms with Crippen molar-refractivity contribution >= 4 is 5.97 Å². The van der Waals surface area contributed by atoms with E-state index < -0.39 is 5.97 Å². The molecule has 0 saturated heterocycles. The average Bonchev–Trinajstić information content (AvgIpc) is 1.36. The Morgan fingerprint density at radius 2 is 1.86 bits per heavy atom. The quantitative estimate of drug-likeness (QED) is 0.567. The summed E-state index contributed by atoms with van der Waals surface area (Å²) in [6, 6.07) is 0. The normalized spacial score (nSPS) is 6.43. The Labute approximate surface area is 62.7 Å². The summed E-state index contributed by atoms with van der Waals surface area (Å²) in [5, 5.41) is 7.89. The van der Waals surface area contributed by atoms with Gasteiger partial charge < -0.3 is 5.11 Å². The molecule has 0 rings (SSSR count). The first-order valence-corrected chi connectivity index (χ1v) is 1.53. The van der Waals surface area contributed by atoms with Gasteiger partial charge >= 0.3 is 5.97 Å². The first kappa shape index (κ1) is 10.2. The van der Waals surface area contributed by atoms with Crippen molar-refractivity contribution in [3.63, 3.8) is 0 Å². The van der Waals surface area contributed by atoms with Gasteiger partial charge in [0.05, 0.1) is 0 Å². The van der Waals surface area contributed by atoms with Crippen molar-refractivity contribution in [3.05, 3.63) is 12.2 Å².